The van der Waals surface area contributed by atoms with Crippen LogP contribution < -0.4 is 5.32 Å². The van der Waals surface area contributed by atoms with Gasteiger partial charge in [-0.3, -0.25) is 0 Å². The molecule has 1 fully saturated rings. The molecule has 2 unspecified atom stereocenters. The van der Waals surface area contributed by atoms with Crippen molar-refractivity contribution in [2.45, 2.75) is 58.0 Å². The Morgan fingerprint density at radius 3 is 2.56 bits per heavy atom. The summed E-state index contributed by atoms with van der Waals surface area (Å²) in [5.74, 6) is 0.872. The zero-order valence-corrected chi connectivity index (χ0v) is 13.0. The van der Waals surface area contributed by atoms with Gasteiger partial charge in [-0.1, -0.05) is 54.2 Å². The van der Waals surface area contributed by atoms with Gasteiger partial charge in [0.05, 0.1) is 0 Å². The summed E-state index contributed by atoms with van der Waals surface area (Å²) in [5.41, 5.74) is 1.39. The van der Waals surface area contributed by atoms with E-state index < -0.39 is 0 Å². The van der Waals surface area contributed by atoms with E-state index in [0.29, 0.717) is 12.1 Å². The number of rotatable bonds is 4. The highest BCUT2D eigenvalue weighted by Gasteiger charge is 2.24. The molecule has 2 heteroatoms. The average Bonchev–Trinajstić information content (AvgIpc) is 2.40. The number of hydrogen-bond acceptors (Lipinski definition) is 1. The molecule has 1 aliphatic rings. The minimum Gasteiger partial charge on any atom is -0.307 e. The maximum Gasteiger partial charge on any atom is 0.0294 e. The lowest BCUT2D eigenvalue weighted by Crippen LogP contribution is -2.39. The van der Waals surface area contributed by atoms with Crippen molar-refractivity contribution >= 4 is 15.9 Å². The van der Waals surface area contributed by atoms with Gasteiger partial charge >= 0.3 is 0 Å². The zero-order chi connectivity index (χ0) is 13.0. The highest BCUT2D eigenvalue weighted by Crippen LogP contribution is 2.29. The molecular formula is C16H24BrN. The largest absolute Gasteiger partial charge is 0.307 e. The van der Waals surface area contributed by atoms with E-state index in [1.54, 1.807) is 0 Å². The Labute approximate surface area is 119 Å². The van der Waals surface area contributed by atoms with Crippen LogP contribution in [0.5, 0.6) is 0 Å². The Morgan fingerprint density at radius 1 is 1.22 bits per heavy atom. The molecule has 1 aromatic rings. The van der Waals surface area contributed by atoms with Crippen molar-refractivity contribution in [1.82, 2.24) is 5.32 Å². The second-order valence-electron chi connectivity index (χ2n) is 5.50. The molecule has 3 atom stereocenters. The molecule has 0 aromatic heterocycles. The summed E-state index contributed by atoms with van der Waals surface area (Å²) >= 11 is 3.49. The van der Waals surface area contributed by atoms with Gasteiger partial charge in [0.1, 0.15) is 0 Å². The van der Waals surface area contributed by atoms with E-state index in [2.05, 4.69) is 59.4 Å². The lowest BCUT2D eigenvalue weighted by atomic mass is 9.82. The monoisotopic (exact) mass is 309 g/mol. The number of hydrogen-bond donors (Lipinski definition) is 1. The quantitative estimate of drug-likeness (QED) is 0.819. The summed E-state index contributed by atoms with van der Waals surface area (Å²) in [5, 5.41) is 3.84. The van der Waals surface area contributed by atoms with Crippen LogP contribution in [0, 0.1) is 5.92 Å². The molecule has 0 spiro atoms. The van der Waals surface area contributed by atoms with Crippen LogP contribution in [0.4, 0.5) is 0 Å². The third-order valence-corrected chi connectivity index (χ3v) is 4.80. The first-order valence-corrected chi connectivity index (χ1v) is 8.01. The average molecular weight is 310 g/mol. The van der Waals surface area contributed by atoms with Gasteiger partial charge in [0.25, 0.3) is 0 Å². The van der Waals surface area contributed by atoms with E-state index in [1.165, 1.54) is 37.7 Å². The molecule has 1 aromatic carbocycles. The molecule has 18 heavy (non-hydrogen) atoms. The molecule has 0 saturated heterocycles. The maximum atomic E-state index is 3.84. The van der Waals surface area contributed by atoms with Crippen LogP contribution in [-0.4, -0.2) is 6.04 Å². The van der Waals surface area contributed by atoms with Gasteiger partial charge in [0.2, 0.25) is 0 Å². The Kier molecular flexibility index (Phi) is 5.25. The van der Waals surface area contributed by atoms with Crippen LogP contribution in [0.25, 0.3) is 0 Å². The second-order valence-corrected chi connectivity index (χ2v) is 6.41. The molecule has 0 bridgehead atoms. The predicted molar refractivity (Wildman–Crippen MR) is 81.7 cm³/mol. The van der Waals surface area contributed by atoms with Crippen LogP contribution >= 0.6 is 15.9 Å². The molecule has 1 aliphatic carbocycles. The molecule has 0 aliphatic heterocycles. The highest BCUT2D eigenvalue weighted by molar-refractivity contribution is 9.10. The van der Waals surface area contributed by atoms with Gasteiger partial charge in [0.15, 0.2) is 0 Å². The van der Waals surface area contributed by atoms with Crippen molar-refractivity contribution in [3.8, 4) is 0 Å². The summed E-state index contributed by atoms with van der Waals surface area (Å²) in [6.45, 7) is 4.61. The Bertz CT molecular complexity index is 360. The SMILES string of the molecule is CCC1CCCCC1N[C@@H](C)c1ccc(Br)cc1. The summed E-state index contributed by atoms with van der Waals surface area (Å²) in [6, 6.07) is 9.85. The van der Waals surface area contributed by atoms with Crippen molar-refractivity contribution in [3.63, 3.8) is 0 Å². The number of benzene rings is 1. The Balaban J connectivity index is 1.97. The molecule has 0 amide bonds. The molecule has 100 valence electrons. The number of nitrogens with one attached hydrogen (secondary N) is 1. The van der Waals surface area contributed by atoms with Crippen LogP contribution in [0.2, 0.25) is 0 Å². The van der Waals surface area contributed by atoms with Gasteiger partial charge in [-0.05, 0) is 43.4 Å². The molecule has 2 rings (SSSR count). The van der Waals surface area contributed by atoms with Gasteiger partial charge < -0.3 is 5.32 Å². The van der Waals surface area contributed by atoms with Crippen LogP contribution in [0.1, 0.15) is 57.6 Å². The lowest BCUT2D eigenvalue weighted by molar-refractivity contribution is 0.240. The fourth-order valence-electron chi connectivity index (χ4n) is 3.08. The fourth-order valence-corrected chi connectivity index (χ4v) is 3.35. The van der Waals surface area contributed by atoms with E-state index in [-0.39, 0.29) is 0 Å². The van der Waals surface area contributed by atoms with E-state index in [4.69, 9.17) is 0 Å². The summed E-state index contributed by atoms with van der Waals surface area (Å²) in [4.78, 5) is 0. The third-order valence-electron chi connectivity index (χ3n) is 4.27. The maximum absolute atomic E-state index is 3.84. The number of halogens is 1. The fraction of sp³-hybridized carbons (Fsp3) is 0.625. The first-order valence-electron chi connectivity index (χ1n) is 7.22. The predicted octanol–water partition coefficient (Wildman–Crippen LogP) is 5.07. The standard InChI is InChI=1S/C16H24BrN/c1-3-13-6-4-5-7-16(13)18-12(2)14-8-10-15(17)11-9-14/h8-13,16,18H,3-7H2,1-2H3/t12-,13?,16?/m0/s1. The highest BCUT2D eigenvalue weighted by atomic mass is 79.9. The summed E-state index contributed by atoms with van der Waals surface area (Å²) in [6.07, 6.45) is 6.87. The van der Waals surface area contributed by atoms with Crippen molar-refractivity contribution in [1.29, 1.82) is 0 Å². The summed E-state index contributed by atoms with van der Waals surface area (Å²) in [7, 11) is 0. The van der Waals surface area contributed by atoms with E-state index >= 15 is 0 Å². The first kappa shape index (κ1) is 14.1. The zero-order valence-electron chi connectivity index (χ0n) is 11.5. The van der Waals surface area contributed by atoms with Crippen molar-refractivity contribution < 1.29 is 0 Å². The minimum absolute atomic E-state index is 0.454. The Morgan fingerprint density at radius 2 is 1.89 bits per heavy atom. The molecule has 1 saturated carbocycles. The van der Waals surface area contributed by atoms with Crippen LogP contribution in [0.3, 0.4) is 0 Å². The normalized spacial score (nSPS) is 25.9. The van der Waals surface area contributed by atoms with E-state index in [0.717, 1.165) is 10.4 Å². The van der Waals surface area contributed by atoms with Crippen molar-refractivity contribution in [2.24, 2.45) is 5.92 Å². The third kappa shape index (κ3) is 3.58. The van der Waals surface area contributed by atoms with E-state index in [9.17, 15) is 0 Å². The van der Waals surface area contributed by atoms with Crippen LogP contribution in [-0.2, 0) is 0 Å². The first-order chi connectivity index (χ1) is 8.70. The topological polar surface area (TPSA) is 12.0 Å². The minimum atomic E-state index is 0.454. The molecule has 1 nitrogen and oxygen atoms in total. The molecular weight excluding hydrogens is 286 g/mol. The Hall–Kier alpha value is -0.340. The van der Waals surface area contributed by atoms with Gasteiger partial charge in [-0.25, -0.2) is 0 Å². The van der Waals surface area contributed by atoms with E-state index in [1.807, 2.05) is 0 Å². The molecule has 1 N–H and O–H groups in total. The van der Waals surface area contributed by atoms with Gasteiger partial charge in [0, 0.05) is 16.6 Å². The van der Waals surface area contributed by atoms with Crippen molar-refractivity contribution in [2.75, 3.05) is 0 Å². The molecule has 0 radical (unpaired) electrons. The molecule has 0 heterocycles. The smallest absolute Gasteiger partial charge is 0.0294 e. The van der Waals surface area contributed by atoms with Gasteiger partial charge in [-0.15, -0.1) is 0 Å². The summed E-state index contributed by atoms with van der Waals surface area (Å²) < 4.78 is 1.16. The van der Waals surface area contributed by atoms with Crippen LogP contribution in [0.15, 0.2) is 28.7 Å². The van der Waals surface area contributed by atoms with Crippen molar-refractivity contribution in [3.05, 3.63) is 34.3 Å². The second kappa shape index (κ2) is 6.72. The van der Waals surface area contributed by atoms with Gasteiger partial charge in [-0.2, -0.15) is 0 Å². The lowest BCUT2D eigenvalue weighted by Gasteiger charge is -2.34.